The Morgan fingerprint density at radius 3 is 2.61 bits per heavy atom. The third-order valence-electron chi connectivity index (χ3n) is 6.99. The largest absolute Gasteiger partial charge is 0.491 e. The SMILES string of the molecule is CNC[C@@H](O)COc1ccc(Cl)c(-c2nc(-c3c(C)noc3C)c(C)c(N3C[C@H]4COC[C@H]4C3)n2)c1. The number of ether oxygens (including phenoxy) is 2. The molecule has 0 spiro atoms. The lowest BCUT2D eigenvalue weighted by molar-refractivity contribution is 0.108. The van der Waals surface area contributed by atoms with Gasteiger partial charge >= 0.3 is 0 Å². The van der Waals surface area contributed by atoms with Crippen LogP contribution < -0.4 is 15.0 Å². The number of rotatable bonds is 8. The Hall–Kier alpha value is -2.72. The van der Waals surface area contributed by atoms with E-state index in [2.05, 4.69) is 22.3 Å². The molecule has 2 aliphatic rings. The lowest BCUT2D eigenvalue weighted by atomic mass is 10.0. The molecule has 2 aliphatic heterocycles. The molecule has 2 fully saturated rings. The Balaban J connectivity index is 1.57. The van der Waals surface area contributed by atoms with Crippen molar-refractivity contribution in [3.63, 3.8) is 0 Å². The highest BCUT2D eigenvalue weighted by atomic mass is 35.5. The summed E-state index contributed by atoms with van der Waals surface area (Å²) in [5, 5.41) is 17.6. The number of nitrogens with zero attached hydrogens (tertiary/aromatic N) is 4. The number of hydrogen-bond donors (Lipinski definition) is 2. The molecule has 0 unspecified atom stereocenters. The number of aromatic nitrogens is 3. The number of fused-ring (bicyclic) bond motifs is 1. The van der Waals surface area contributed by atoms with Gasteiger partial charge in [0.2, 0.25) is 0 Å². The molecular formula is C26H32ClN5O4. The van der Waals surface area contributed by atoms with Crippen molar-refractivity contribution < 1.29 is 19.1 Å². The average Bonchev–Trinajstić information content (AvgIpc) is 3.55. The second-order valence-corrected chi connectivity index (χ2v) is 10.1. The Labute approximate surface area is 215 Å². The number of nitrogens with one attached hydrogen (secondary N) is 1. The second kappa shape index (κ2) is 10.3. The van der Waals surface area contributed by atoms with E-state index in [0.29, 0.717) is 46.3 Å². The average molecular weight is 514 g/mol. The lowest BCUT2D eigenvalue weighted by Crippen LogP contribution is -2.29. The minimum atomic E-state index is -0.624. The van der Waals surface area contributed by atoms with Gasteiger partial charge in [-0.05, 0) is 46.0 Å². The number of halogens is 1. The van der Waals surface area contributed by atoms with Gasteiger partial charge < -0.3 is 29.3 Å². The molecule has 1 aromatic carbocycles. The van der Waals surface area contributed by atoms with E-state index in [9.17, 15) is 5.11 Å². The molecule has 3 atom stereocenters. The third kappa shape index (κ3) is 4.80. The van der Waals surface area contributed by atoms with E-state index >= 15 is 0 Å². The van der Waals surface area contributed by atoms with E-state index < -0.39 is 6.10 Å². The Kier molecular flexibility index (Phi) is 7.16. The van der Waals surface area contributed by atoms with Crippen LogP contribution in [0.15, 0.2) is 22.7 Å². The lowest BCUT2D eigenvalue weighted by Gasteiger charge is -2.23. The Bertz CT molecular complexity index is 1220. The molecule has 4 heterocycles. The van der Waals surface area contributed by atoms with Crippen LogP contribution in [0.2, 0.25) is 5.02 Å². The summed E-state index contributed by atoms with van der Waals surface area (Å²) in [4.78, 5) is 12.3. The third-order valence-corrected chi connectivity index (χ3v) is 7.32. The van der Waals surface area contributed by atoms with Gasteiger partial charge in [0.25, 0.3) is 0 Å². The Morgan fingerprint density at radius 1 is 1.19 bits per heavy atom. The zero-order chi connectivity index (χ0) is 25.4. The summed E-state index contributed by atoms with van der Waals surface area (Å²) in [5.74, 6) is 3.70. The zero-order valence-electron chi connectivity index (χ0n) is 21.0. The molecule has 5 rings (SSSR count). The molecule has 0 saturated carbocycles. The van der Waals surface area contributed by atoms with Gasteiger partial charge in [0, 0.05) is 42.6 Å². The fourth-order valence-electron chi connectivity index (χ4n) is 5.11. The molecule has 36 heavy (non-hydrogen) atoms. The predicted octanol–water partition coefficient (Wildman–Crippen LogP) is 3.42. The van der Waals surface area contributed by atoms with Crippen LogP contribution in [0.3, 0.4) is 0 Å². The van der Waals surface area contributed by atoms with Crippen molar-refractivity contribution in [2.45, 2.75) is 26.9 Å². The summed E-state index contributed by atoms with van der Waals surface area (Å²) in [6, 6.07) is 5.38. The number of aliphatic hydroxyl groups is 1. The highest BCUT2D eigenvalue weighted by Gasteiger charge is 2.38. The van der Waals surface area contributed by atoms with Crippen molar-refractivity contribution >= 4 is 17.4 Å². The van der Waals surface area contributed by atoms with Crippen LogP contribution in [0.25, 0.3) is 22.6 Å². The van der Waals surface area contributed by atoms with Crippen molar-refractivity contribution in [3.05, 3.63) is 40.2 Å². The molecule has 0 amide bonds. The van der Waals surface area contributed by atoms with Crippen LogP contribution in [-0.2, 0) is 4.74 Å². The van der Waals surface area contributed by atoms with Crippen LogP contribution in [0.5, 0.6) is 5.75 Å². The Morgan fingerprint density at radius 2 is 1.94 bits per heavy atom. The maximum Gasteiger partial charge on any atom is 0.163 e. The topological polar surface area (TPSA) is 106 Å². The number of likely N-dealkylation sites (N-methyl/N-ethyl adjacent to an activating group) is 1. The van der Waals surface area contributed by atoms with Gasteiger partial charge in [0.15, 0.2) is 5.82 Å². The van der Waals surface area contributed by atoms with E-state index in [1.54, 1.807) is 19.2 Å². The molecule has 2 N–H and O–H groups in total. The first kappa shape index (κ1) is 25.0. The first-order chi connectivity index (χ1) is 17.4. The van der Waals surface area contributed by atoms with Gasteiger partial charge in [-0.25, -0.2) is 9.97 Å². The molecule has 2 aromatic heterocycles. The van der Waals surface area contributed by atoms with Gasteiger partial charge in [-0.2, -0.15) is 0 Å². The molecule has 9 nitrogen and oxygen atoms in total. The quantitative estimate of drug-likeness (QED) is 0.468. The smallest absolute Gasteiger partial charge is 0.163 e. The molecule has 2 saturated heterocycles. The fraction of sp³-hybridized carbons (Fsp3) is 0.500. The molecule has 0 bridgehead atoms. The highest BCUT2D eigenvalue weighted by Crippen LogP contribution is 2.39. The van der Waals surface area contributed by atoms with E-state index in [4.69, 9.17) is 35.6 Å². The van der Waals surface area contributed by atoms with Crippen LogP contribution >= 0.6 is 11.6 Å². The second-order valence-electron chi connectivity index (χ2n) is 9.67. The van der Waals surface area contributed by atoms with E-state index in [-0.39, 0.29) is 6.61 Å². The predicted molar refractivity (Wildman–Crippen MR) is 138 cm³/mol. The van der Waals surface area contributed by atoms with E-state index in [0.717, 1.165) is 54.6 Å². The van der Waals surface area contributed by atoms with E-state index in [1.165, 1.54) is 0 Å². The van der Waals surface area contributed by atoms with Crippen LogP contribution in [0, 0.1) is 32.6 Å². The van der Waals surface area contributed by atoms with Gasteiger partial charge in [0.1, 0.15) is 30.0 Å². The highest BCUT2D eigenvalue weighted by molar-refractivity contribution is 6.33. The minimum Gasteiger partial charge on any atom is -0.491 e. The number of aryl methyl sites for hydroxylation is 2. The first-order valence-corrected chi connectivity index (χ1v) is 12.6. The molecule has 0 aliphatic carbocycles. The minimum absolute atomic E-state index is 0.158. The van der Waals surface area contributed by atoms with Crippen molar-refractivity contribution in [3.8, 4) is 28.4 Å². The van der Waals surface area contributed by atoms with Gasteiger partial charge in [-0.15, -0.1) is 0 Å². The molecular weight excluding hydrogens is 482 g/mol. The molecule has 0 radical (unpaired) electrons. The number of hydrogen-bond acceptors (Lipinski definition) is 9. The van der Waals surface area contributed by atoms with E-state index in [1.807, 2.05) is 19.9 Å². The molecule has 192 valence electrons. The summed E-state index contributed by atoms with van der Waals surface area (Å²) in [7, 11) is 1.78. The summed E-state index contributed by atoms with van der Waals surface area (Å²) in [6.45, 7) is 9.83. The zero-order valence-corrected chi connectivity index (χ0v) is 21.8. The molecule has 10 heteroatoms. The maximum absolute atomic E-state index is 10.0. The fourth-order valence-corrected chi connectivity index (χ4v) is 5.31. The summed E-state index contributed by atoms with van der Waals surface area (Å²) in [6.07, 6.45) is -0.624. The van der Waals surface area contributed by atoms with Crippen molar-refractivity contribution in [1.29, 1.82) is 0 Å². The van der Waals surface area contributed by atoms with Gasteiger partial charge in [-0.3, -0.25) is 0 Å². The van der Waals surface area contributed by atoms with Crippen LogP contribution in [0.1, 0.15) is 17.0 Å². The summed E-state index contributed by atoms with van der Waals surface area (Å²) < 4.78 is 17.0. The van der Waals surface area contributed by atoms with Crippen molar-refractivity contribution in [2.75, 3.05) is 51.4 Å². The van der Waals surface area contributed by atoms with Crippen LogP contribution in [0.4, 0.5) is 5.82 Å². The number of benzene rings is 1. The standard InChI is InChI=1S/C26H32ClN5O4/c1-14-24(23-15(2)31-36-16(23)3)29-25(30-26(14)32-9-17-11-34-12-18(17)10-32)21-7-20(5-6-22(21)27)35-13-19(33)8-28-4/h5-7,17-19,28,33H,8-13H2,1-4H3/t17-,18+,19-/m1/s1. The monoisotopic (exact) mass is 513 g/mol. The first-order valence-electron chi connectivity index (χ1n) is 12.3. The summed E-state index contributed by atoms with van der Waals surface area (Å²) in [5.41, 5.74) is 4.08. The van der Waals surface area contributed by atoms with Gasteiger partial charge in [-0.1, -0.05) is 16.8 Å². The number of anilines is 1. The molecule has 3 aromatic rings. The summed E-state index contributed by atoms with van der Waals surface area (Å²) >= 11 is 6.66. The van der Waals surface area contributed by atoms with Crippen molar-refractivity contribution in [2.24, 2.45) is 11.8 Å². The number of aliphatic hydroxyl groups excluding tert-OH is 1. The van der Waals surface area contributed by atoms with Gasteiger partial charge in [0.05, 0.1) is 35.2 Å². The maximum atomic E-state index is 10.0. The van der Waals surface area contributed by atoms with Crippen molar-refractivity contribution in [1.82, 2.24) is 20.4 Å². The van der Waals surface area contributed by atoms with Crippen LogP contribution in [-0.4, -0.2) is 72.8 Å². The normalized spacial score (nSPS) is 20.1.